The van der Waals surface area contributed by atoms with E-state index in [1.165, 1.54) is 0 Å². The van der Waals surface area contributed by atoms with Gasteiger partial charge in [0.25, 0.3) is 5.91 Å². The van der Waals surface area contributed by atoms with E-state index in [2.05, 4.69) is 5.32 Å². The van der Waals surface area contributed by atoms with Gasteiger partial charge in [-0.25, -0.2) is 0 Å². The number of aliphatic hydroxyl groups excluding tert-OH is 1. The zero-order valence-electron chi connectivity index (χ0n) is 10.3. The maximum atomic E-state index is 11.9. The second-order valence-corrected chi connectivity index (χ2v) is 3.97. The maximum Gasteiger partial charge on any atom is 0.251 e. The summed E-state index contributed by atoms with van der Waals surface area (Å²) in [5.41, 5.74) is 0.584. The Kier molecular flexibility index (Phi) is 5.49. The summed E-state index contributed by atoms with van der Waals surface area (Å²) in [6, 6.07) is 7.09. The van der Waals surface area contributed by atoms with Crippen LogP contribution >= 0.6 is 0 Å². The minimum absolute atomic E-state index is 0.0563. The third-order valence-corrected chi connectivity index (χ3v) is 2.50. The van der Waals surface area contributed by atoms with E-state index in [4.69, 9.17) is 9.84 Å². The van der Waals surface area contributed by atoms with Crippen LogP contribution in [0.5, 0.6) is 5.75 Å². The standard InChI is InChI=1S/C13H19NO3/c1-10(5-4-8-15)14-13(16)11-6-3-7-12(9-11)17-2/h3,6-7,9-10,15H,4-5,8H2,1-2H3,(H,14,16). The van der Waals surface area contributed by atoms with Crippen molar-refractivity contribution in [2.24, 2.45) is 0 Å². The molecule has 0 bridgehead atoms. The lowest BCUT2D eigenvalue weighted by Crippen LogP contribution is -2.32. The zero-order chi connectivity index (χ0) is 12.7. The van der Waals surface area contributed by atoms with Crippen LogP contribution in [-0.4, -0.2) is 30.8 Å². The molecule has 1 aromatic carbocycles. The molecule has 4 nitrogen and oxygen atoms in total. The van der Waals surface area contributed by atoms with Gasteiger partial charge in [-0.05, 0) is 38.0 Å². The van der Waals surface area contributed by atoms with Crippen molar-refractivity contribution in [2.75, 3.05) is 13.7 Å². The fraction of sp³-hybridized carbons (Fsp3) is 0.462. The molecule has 1 atom stereocenters. The van der Waals surface area contributed by atoms with Crippen molar-refractivity contribution in [1.29, 1.82) is 0 Å². The predicted octanol–water partition coefficient (Wildman–Crippen LogP) is 1.59. The van der Waals surface area contributed by atoms with Gasteiger partial charge in [-0.3, -0.25) is 4.79 Å². The summed E-state index contributed by atoms with van der Waals surface area (Å²) in [6.45, 7) is 2.08. The number of carbonyl (C=O) groups excluding carboxylic acids is 1. The Morgan fingerprint density at radius 1 is 1.53 bits per heavy atom. The number of hydrogen-bond donors (Lipinski definition) is 2. The highest BCUT2D eigenvalue weighted by atomic mass is 16.5. The monoisotopic (exact) mass is 237 g/mol. The summed E-state index contributed by atoms with van der Waals surface area (Å²) in [7, 11) is 1.57. The van der Waals surface area contributed by atoms with E-state index in [0.717, 1.165) is 6.42 Å². The molecule has 0 spiro atoms. The highest BCUT2D eigenvalue weighted by molar-refractivity contribution is 5.94. The van der Waals surface area contributed by atoms with Crippen LogP contribution in [0.1, 0.15) is 30.1 Å². The smallest absolute Gasteiger partial charge is 0.251 e. The summed E-state index contributed by atoms with van der Waals surface area (Å²) in [4.78, 5) is 11.9. The van der Waals surface area contributed by atoms with Crippen LogP contribution in [0.25, 0.3) is 0 Å². The molecular formula is C13H19NO3. The first kappa shape index (κ1) is 13.5. The summed E-state index contributed by atoms with van der Waals surface area (Å²) in [5, 5.41) is 11.6. The Morgan fingerprint density at radius 3 is 2.94 bits per heavy atom. The van der Waals surface area contributed by atoms with Crippen LogP contribution in [0.3, 0.4) is 0 Å². The van der Waals surface area contributed by atoms with Gasteiger partial charge in [0, 0.05) is 18.2 Å². The molecule has 0 saturated carbocycles. The molecule has 1 amide bonds. The second kappa shape index (κ2) is 6.91. The number of carbonyl (C=O) groups is 1. The fourth-order valence-electron chi connectivity index (χ4n) is 1.54. The van der Waals surface area contributed by atoms with E-state index in [0.29, 0.717) is 17.7 Å². The van der Waals surface area contributed by atoms with Gasteiger partial charge < -0.3 is 15.2 Å². The average Bonchev–Trinajstić information content (AvgIpc) is 2.36. The number of nitrogens with one attached hydrogen (secondary N) is 1. The largest absolute Gasteiger partial charge is 0.497 e. The summed E-state index contributed by atoms with van der Waals surface area (Å²) in [5.74, 6) is 0.551. The molecule has 1 rings (SSSR count). The number of benzene rings is 1. The molecule has 0 aliphatic heterocycles. The van der Waals surface area contributed by atoms with E-state index in [1.54, 1.807) is 31.4 Å². The number of ether oxygens (including phenoxy) is 1. The third-order valence-electron chi connectivity index (χ3n) is 2.50. The van der Waals surface area contributed by atoms with Gasteiger partial charge in [0.15, 0.2) is 0 Å². The van der Waals surface area contributed by atoms with E-state index in [9.17, 15) is 4.79 Å². The van der Waals surface area contributed by atoms with Crippen molar-refractivity contribution < 1.29 is 14.6 Å². The zero-order valence-corrected chi connectivity index (χ0v) is 10.3. The van der Waals surface area contributed by atoms with Gasteiger partial charge in [-0.2, -0.15) is 0 Å². The van der Waals surface area contributed by atoms with Gasteiger partial charge in [0.1, 0.15) is 5.75 Å². The SMILES string of the molecule is COc1cccc(C(=O)NC(C)CCCO)c1. The first-order valence-corrected chi connectivity index (χ1v) is 5.73. The van der Waals surface area contributed by atoms with Gasteiger partial charge >= 0.3 is 0 Å². The number of methoxy groups -OCH3 is 1. The first-order chi connectivity index (χ1) is 8.17. The van der Waals surface area contributed by atoms with E-state index >= 15 is 0 Å². The van der Waals surface area contributed by atoms with Crippen molar-refractivity contribution in [3.8, 4) is 5.75 Å². The number of aliphatic hydroxyl groups is 1. The maximum absolute atomic E-state index is 11.9. The average molecular weight is 237 g/mol. The fourth-order valence-corrected chi connectivity index (χ4v) is 1.54. The molecule has 0 aromatic heterocycles. The van der Waals surface area contributed by atoms with Gasteiger partial charge in [0.2, 0.25) is 0 Å². The molecule has 1 aromatic rings. The Hall–Kier alpha value is -1.55. The quantitative estimate of drug-likeness (QED) is 0.790. The molecule has 17 heavy (non-hydrogen) atoms. The Balaban J connectivity index is 2.56. The van der Waals surface area contributed by atoms with E-state index in [-0.39, 0.29) is 18.6 Å². The molecular weight excluding hydrogens is 218 g/mol. The van der Waals surface area contributed by atoms with Gasteiger partial charge in [-0.15, -0.1) is 0 Å². The lowest BCUT2D eigenvalue weighted by molar-refractivity contribution is 0.0936. The van der Waals surface area contributed by atoms with Crippen molar-refractivity contribution in [1.82, 2.24) is 5.32 Å². The van der Waals surface area contributed by atoms with Gasteiger partial charge in [0.05, 0.1) is 7.11 Å². The van der Waals surface area contributed by atoms with Crippen LogP contribution in [-0.2, 0) is 0 Å². The topological polar surface area (TPSA) is 58.6 Å². The third kappa shape index (κ3) is 4.44. The van der Waals surface area contributed by atoms with Crippen molar-refractivity contribution >= 4 is 5.91 Å². The lowest BCUT2D eigenvalue weighted by atomic mass is 10.1. The number of hydrogen-bond acceptors (Lipinski definition) is 3. The summed E-state index contributed by atoms with van der Waals surface area (Å²) >= 11 is 0. The van der Waals surface area contributed by atoms with E-state index < -0.39 is 0 Å². The van der Waals surface area contributed by atoms with Crippen molar-refractivity contribution in [2.45, 2.75) is 25.8 Å². The Bertz CT molecular complexity index is 365. The van der Waals surface area contributed by atoms with Crippen LogP contribution in [0.2, 0.25) is 0 Å². The summed E-state index contributed by atoms with van der Waals surface area (Å²) < 4.78 is 5.06. The molecule has 1 unspecified atom stereocenters. The van der Waals surface area contributed by atoms with Crippen molar-refractivity contribution in [3.63, 3.8) is 0 Å². The minimum atomic E-state index is -0.116. The second-order valence-electron chi connectivity index (χ2n) is 3.97. The summed E-state index contributed by atoms with van der Waals surface area (Å²) in [6.07, 6.45) is 1.46. The van der Waals surface area contributed by atoms with Crippen LogP contribution in [0.4, 0.5) is 0 Å². The normalized spacial score (nSPS) is 11.9. The van der Waals surface area contributed by atoms with Crippen molar-refractivity contribution in [3.05, 3.63) is 29.8 Å². The predicted molar refractivity (Wildman–Crippen MR) is 66.2 cm³/mol. The molecule has 2 N–H and O–H groups in total. The highest BCUT2D eigenvalue weighted by Gasteiger charge is 2.09. The molecule has 94 valence electrons. The Morgan fingerprint density at radius 2 is 2.29 bits per heavy atom. The van der Waals surface area contributed by atoms with Crippen LogP contribution in [0, 0.1) is 0 Å². The minimum Gasteiger partial charge on any atom is -0.497 e. The molecule has 0 fully saturated rings. The first-order valence-electron chi connectivity index (χ1n) is 5.73. The molecule has 4 heteroatoms. The highest BCUT2D eigenvalue weighted by Crippen LogP contribution is 2.12. The molecule has 0 radical (unpaired) electrons. The van der Waals surface area contributed by atoms with Gasteiger partial charge in [-0.1, -0.05) is 6.07 Å². The number of rotatable bonds is 6. The van der Waals surface area contributed by atoms with E-state index in [1.807, 2.05) is 6.92 Å². The molecule has 0 aliphatic rings. The molecule has 0 heterocycles. The number of amides is 1. The molecule has 0 aliphatic carbocycles. The Labute approximate surface area is 102 Å². The van der Waals surface area contributed by atoms with Crippen LogP contribution in [0.15, 0.2) is 24.3 Å². The van der Waals surface area contributed by atoms with Crippen LogP contribution < -0.4 is 10.1 Å². The lowest BCUT2D eigenvalue weighted by Gasteiger charge is -2.13. The molecule has 0 saturated heterocycles.